The van der Waals surface area contributed by atoms with E-state index in [-0.39, 0.29) is 17.9 Å². The fourth-order valence-electron chi connectivity index (χ4n) is 3.28. The van der Waals surface area contributed by atoms with Crippen LogP contribution in [0.1, 0.15) is 61.7 Å². The Morgan fingerprint density at radius 3 is 2.57 bits per heavy atom. The lowest BCUT2D eigenvalue weighted by Crippen LogP contribution is -2.27. The van der Waals surface area contributed by atoms with Gasteiger partial charge in [0.05, 0.1) is 20.9 Å². The van der Waals surface area contributed by atoms with Crippen LogP contribution in [-0.2, 0) is 11.2 Å². The average Bonchev–Trinajstić information content (AvgIpc) is 3.20. The van der Waals surface area contributed by atoms with E-state index in [2.05, 4.69) is 35.1 Å². The topological polar surface area (TPSA) is 76.0 Å². The van der Waals surface area contributed by atoms with Crippen LogP contribution in [0.25, 0.3) is 11.0 Å². The number of fused-ring (bicyclic) bond motifs is 1. The van der Waals surface area contributed by atoms with Gasteiger partial charge in [0, 0.05) is 24.4 Å². The maximum Gasteiger partial charge on any atom is 0.261 e. The second-order valence-corrected chi connectivity index (χ2v) is 9.87. The molecule has 0 aliphatic rings. The first-order chi connectivity index (χ1) is 14.1. The van der Waals surface area contributed by atoms with Crippen LogP contribution in [0, 0.1) is 12.3 Å². The highest BCUT2D eigenvalue weighted by atomic mass is 32.1. The zero-order chi connectivity index (χ0) is 22.1. The Kier molecular flexibility index (Phi) is 6.31. The molecule has 0 aliphatic heterocycles. The van der Waals surface area contributed by atoms with Gasteiger partial charge in [-0.15, -0.1) is 11.3 Å². The number of rotatable bonds is 6. The molecule has 2 heterocycles. The van der Waals surface area contributed by atoms with Gasteiger partial charge in [-0.3, -0.25) is 9.59 Å². The molecule has 6 nitrogen and oxygen atoms in total. The SMILES string of the molecule is Cc1cc(NC(=O)C(C)(C)C)sc1C(=O)NCCc1nc2ccccc2n1C(C)C. The van der Waals surface area contributed by atoms with Crippen molar-refractivity contribution in [2.24, 2.45) is 5.41 Å². The predicted octanol–water partition coefficient (Wildman–Crippen LogP) is 4.94. The second-order valence-electron chi connectivity index (χ2n) is 8.81. The number of hydrogen-bond donors (Lipinski definition) is 2. The first kappa shape index (κ1) is 22.0. The number of nitrogens with zero attached hydrogens (tertiary/aromatic N) is 2. The lowest BCUT2D eigenvalue weighted by molar-refractivity contribution is -0.123. The van der Waals surface area contributed by atoms with Crippen molar-refractivity contribution in [2.75, 3.05) is 11.9 Å². The Labute approximate surface area is 181 Å². The van der Waals surface area contributed by atoms with Crippen LogP contribution in [0.5, 0.6) is 0 Å². The molecule has 0 fully saturated rings. The van der Waals surface area contributed by atoms with Gasteiger partial charge in [-0.1, -0.05) is 32.9 Å². The molecule has 2 aromatic heterocycles. The van der Waals surface area contributed by atoms with Crippen molar-refractivity contribution in [1.29, 1.82) is 0 Å². The Balaban J connectivity index is 1.66. The Morgan fingerprint density at radius 2 is 1.90 bits per heavy atom. The summed E-state index contributed by atoms with van der Waals surface area (Å²) in [5, 5.41) is 6.60. The molecule has 2 N–H and O–H groups in total. The van der Waals surface area contributed by atoms with Crippen molar-refractivity contribution in [2.45, 2.75) is 54.0 Å². The summed E-state index contributed by atoms with van der Waals surface area (Å²) in [6.45, 7) is 12.2. The molecule has 160 valence electrons. The van der Waals surface area contributed by atoms with Crippen molar-refractivity contribution < 1.29 is 9.59 Å². The summed E-state index contributed by atoms with van der Waals surface area (Å²) in [6.07, 6.45) is 0.649. The third-order valence-electron chi connectivity index (χ3n) is 4.86. The summed E-state index contributed by atoms with van der Waals surface area (Å²) in [7, 11) is 0. The fourth-order valence-corrected chi connectivity index (χ4v) is 4.27. The first-order valence-electron chi connectivity index (χ1n) is 10.2. The van der Waals surface area contributed by atoms with Gasteiger partial charge in [-0.05, 0) is 44.5 Å². The number of para-hydroxylation sites is 2. The molecule has 30 heavy (non-hydrogen) atoms. The fraction of sp³-hybridized carbons (Fsp3) is 0.435. The van der Waals surface area contributed by atoms with Crippen LogP contribution in [0.4, 0.5) is 5.00 Å². The maximum atomic E-state index is 12.7. The molecule has 0 radical (unpaired) electrons. The van der Waals surface area contributed by atoms with E-state index in [1.54, 1.807) is 0 Å². The highest BCUT2D eigenvalue weighted by molar-refractivity contribution is 7.18. The molecular formula is C23H30N4O2S. The van der Waals surface area contributed by atoms with Crippen molar-refractivity contribution in [3.8, 4) is 0 Å². The summed E-state index contributed by atoms with van der Waals surface area (Å²) < 4.78 is 2.22. The van der Waals surface area contributed by atoms with Gasteiger partial charge < -0.3 is 15.2 Å². The summed E-state index contributed by atoms with van der Waals surface area (Å²) >= 11 is 1.31. The number of carbonyl (C=O) groups is 2. The summed E-state index contributed by atoms with van der Waals surface area (Å²) in [4.78, 5) is 30.3. The van der Waals surface area contributed by atoms with Gasteiger partial charge >= 0.3 is 0 Å². The van der Waals surface area contributed by atoms with Crippen molar-refractivity contribution in [3.63, 3.8) is 0 Å². The minimum absolute atomic E-state index is 0.0664. The molecule has 0 spiro atoms. The van der Waals surface area contributed by atoms with Crippen molar-refractivity contribution in [3.05, 3.63) is 46.6 Å². The predicted molar refractivity (Wildman–Crippen MR) is 123 cm³/mol. The van der Waals surface area contributed by atoms with Crippen LogP contribution in [0.2, 0.25) is 0 Å². The normalized spacial score (nSPS) is 11.8. The van der Waals surface area contributed by atoms with Crippen LogP contribution >= 0.6 is 11.3 Å². The highest BCUT2D eigenvalue weighted by Gasteiger charge is 2.23. The summed E-state index contributed by atoms with van der Waals surface area (Å²) in [5.74, 6) is 0.775. The van der Waals surface area contributed by atoms with Crippen LogP contribution in [-0.4, -0.2) is 27.9 Å². The van der Waals surface area contributed by atoms with Gasteiger partial charge in [0.2, 0.25) is 5.91 Å². The lowest BCUT2D eigenvalue weighted by atomic mass is 9.96. The molecule has 2 amide bonds. The number of hydrogen-bond acceptors (Lipinski definition) is 4. The number of amides is 2. The van der Waals surface area contributed by atoms with E-state index in [9.17, 15) is 9.59 Å². The monoisotopic (exact) mass is 426 g/mol. The van der Waals surface area contributed by atoms with E-state index < -0.39 is 5.41 Å². The van der Waals surface area contributed by atoms with Gasteiger partial charge in [0.1, 0.15) is 5.82 Å². The maximum absolute atomic E-state index is 12.7. The molecule has 0 unspecified atom stereocenters. The minimum atomic E-state index is -0.484. The third-order valence-corrected chi connectivity index (χ3v) is 6.01. The Bertz CT molecular complexity index is 1070. The lowest BCUT2D eigenvalue weighted by Gasteiger charge is -2.16. The third kappa shape index (κ3) is 4.73. The molecule has 0 bridgehead atoms. The average molecular weight is 427 g/mol. The smallest absolute Gasteiger partial charge is 0.261 e. The van der Waals surface area contributed by atoms with Crippen molar-refractivity contribution in [1.82, 2.24) is 14.9 Å². The van der Waals surface area contributed by atoms with E-state index in [0.29, 0.717) is 22.8 Å². The standard InChI is InChI=1S/C23H30N4O2S/c1-14(2)27-17-10-8-7-9-16(17)25-18(27)11-12-24-21(28)20-15(3)13-19(30-20)26-22(29)23(4,5)6/h7-10,13-14H,11-12H2,1-6H3,(H,24,28)(H,26,29). The van der Waals surface area contributed by atoms with Gasteiger partial charge in [0.25, 0.3) is 5.91 Å². The number of anilines is 1. The van der Waals surface area contributed by atoms with Gasteiger partial charge in [0.15, 0.2) is 0 Å². The molecule has 3 rings (SSSR count). The quantitative estimate of drug-likeness (QED) is 0.586. The Morgan fingerprint density at radius 1 is 1.20 bits per heavy atom. The molecule has 0 saturated heterocycles. The number of aryl methyl sites for hydroxylation is 1. The van der Waals surface area contributed by atoms with E-state index in [1.807, 2.05) is 52.0 Å². The molecule has 0 aliphatic carbocycles. The van der Waals surface area contributed by atoms with E-state index in [1.165, 1.54) is 11.3 Å². The summed E-state index contributed by atoms with van der Waals surface area (Å²) in [5.41, 5.74) is 2.46. The van der Waals surface area contributed by atoms with Crippen LogP contribution in [0.15, 0.2) is 30.3 Å². The zero-order valence-corrected chi connectivity index (χ0v) is 19.3. The number of nitrogens with one attached hydrogen (secondary N) is 2. The molecule has 7 heteroatoms. The van der Waals surface area contributed by atoms with Gasteiger partial charge in [-0.2, -0.15) is 0 Å². The minimum Gasteiger partial charge on any atom is -0.351 e. The zero-order valence-electron chi connectivity index (χ0n) is 18.5. The number of carbonyl (C=O) groups excluding carboxylic acids is 2. The largest absolute Gasteiger partial charge is 0.351 e. The second kappa shape index (κ2) is 8.60. The first-order valence-corrected chi connectivity index (χ1v) is 11.1. The van der Waals surface area contributed by atoms with Crippen LogP contribution in [0.3, 0.4) is 0 Å². The molecule has 1 aromatic carbocycles. The molecule has 0 atom stereocenters. The van der Waals surface area contributed by atoms with E-state index >= 15 is 0 Å². The summed E-state index contributed by atoms with van der Waals surface area (Å²) in [6, 6.07) is 10.2. The Hall–Kier alpha value is -2.67. The molecular weight excluding hydrogens is 396 g/mol. The number of aromatic nitrogens is 2. The number of benzene rings is 1. The van der Waals surface area contributed by atoms with Crippen LogP contribution < -0.4 is 10.6 Å². The number of imidazole rings is 1. The van der Waals surface area contributed by atoms with Gasteiger partial charge in [-0.25, -0.2) is 4.98 Å². The number of thiophene rings is 1. The highest BCUT2D eigenvalue weighted by Crippen LogP contribution is 2.28. The van der Waals surface area contributed by atoms with E-state index in [0.717, 1.165) is 22.4 Å². The van der Waals surface area contributed by atoms with Crippen molar-refractivity contribution >= 4 is 39.2 Å². The van der Waals surface area contributed by atoms with E-state index in [4.69, 9.17) is 4.98 Å². The molecule has 0 saturated carbocycles. The molecule has 3 aromatic rings.